The topological polar surface area (TPSA) is 65.2 Å². The number of anilines is 1. The molecule has 2 aromatic carbocycles. The number of H-pyrrole nitrogens is 1. The lowest BCUT2D eigenvalue weighted by Crippen LogP contribution is -2.39. The molecule has 0 radical (unpaired) electrons. The minimum absolute atomic E-state index is 0.0686. The van der Waals surface area contributed by atoms with Crippen molar-refractivity contribution in [3.63, 3.8) is 0 Å². The van der Waals surface area contributed by atoms with E-state index in [0.717, 1.165) is 27.7 Å². The molecule has 1 unspecified atom stereocenters. The van der Waals surface area contributed by atoms with Crippen molar-refractivity contribution < 1.29 is 14.0 Å². The number of carbonyl (C=O) groups excluding carboxylic acids is 2. The first-order valence-electron chi connectivity index (χ1n) is 8.93. The normalized spacial score (nSPS) is 16.4. The molecule has 1 aliphatic heterocycles. The van der Waals surface area contributed by atoms with Gasteiger partial charge in [-0.05, 0) is 41.8 Å². The minimum atomic E-state index is -0.481. The molecule has 0 saturated heterocycles. The molecule has 2 amide bonds. The number of halogens is 1. The summed E-state index contributed by atoms with van der Waals surface area (Å²) in [7, 11) is 1.73. The Labute approximate surface area is 156 Å². The summed E-state index contributed by atoms with van der Waals surface area (Å²) in [6.45, 7) is 0.422. The summed E-state index contributed by atoms with van der Waals surface area (Å²) < 4.78 is 13.5. The number of hydrogen-bond acceptors (Lipinski definition) is 2. The van der Waals surface area contributed by atoms with Crippen molar-refractivity contribution in [1.82, 2.24) is 10.3 Å². The van der Waals surface area contributed by atoms with Gasteiger partial charge in [0.1, 0.15) is 5.82 Å². The summed E-state index contributed by atoms with van der Waals surface area (Å²) in [4.78, 5) is 29.6. The van der Waals surface area contributed by atoms with Crippen molar-refractivity contribution in [2.75, 3.05) is 18.5 Å². The molecule has 1 aromatic heterocycles. The maximum atomic E-state index is 13.5. The molecule has 6 heteroatoms. The van der Waals surface area contributed by atoms with E-state index in [1.165, 1.54) is 12.1 Å². The molecule has 27 heavy (non-hydrogen) atoms. The summed E-state index contributed by atoms with van der Waals surface area (Å²) in [5.41, 5.74) is 3.46. The van der Waals surface area contributed by atoms with Gasteiger partial charge in [0, 0.05) is 42.8 Å². The third-order valence-electron chi connectivity index (χ3n) is 5.17. The van der Waals surface area contributed by atoms with Crippen molar-refractivity contribution in [2.45, 2.75) is 18.8 Å². The number of aromatic amines is 1. The van der Waals surface area contributed by atoms with Gasteiger partial charge in [-0.3, -0.25) is 9.59 Å². The van der Waals surface area contributed by atoms with E-state index in [-0.39, 0.29) is 24.1 Å². The zero-order chi connectivity index (χ0) is 19.0. The maximum Gasteiger partial charge on any atom is 0.228 e. The maximum absolute atomic E-state index is 13.5. The van der Waals surface area contributed by atoms with Gasteiger partial charge in [-0.2, -0.15) is 0 Å². The Bertz CT molecular complexity index is 1030. The fourth-order valence-corrected chi connectivity index (χ4v) is 3.68. The lowest BCUT2D eigenvalue weighted by molar-refractivity contribution is -0.127. The standard InChI is InChI=1S/C21H20FN3O2/c1-25-19-5-3-2-4-15(19)17(11-20(25)26)21(27)23-9-8-13-12-24-18-7-6-14(22)10-16(13)18/h2-7,10,12,17,24H,8-9,11H2,1H3,(H,23,27). The van der Waals surface area contributed by atoms with Crippen molar-refractivity contribution in [3.05, 3.63) is 65.6 Å². The molecule has 5 nitrogen and oxygen atoms in total. The van der Waals surface area contributed by atoms with Crippen LogP contribution in [0.2, 0.25) is 0 Å². The van der Waals surface area contributed by atoms with Crippen LogP contribution in [0.3, 0.4) is 0 Å². The van der Waals surface area contributed by atoms with Crippen LogP contribution >= 0.6 is 0 Å². The van der Waals surface area contributed by atoms with Gasteiger partial charge in [-0.1, -0.05) is 18.2 Å². The quantitative estimate of drug-likeness (QED) is 0.746. The number of fused-ring (bicyclic) bond motifs is 2. The molecule has 138 valence electrons. The Morgan fingerprint density at radius 2 is 2.11 bits per heavy atom. The van der Waals surface area contributed by atoms with Crippen molar-refractivity contribution in [1.29, 1.82) is 0 Å². The number of hydrogen-bond donors (Lipinski definition) is 2. The van der Waals surface area contributed by atoms with Gasteiger partial charge in [-0.15, -0.1) is 0 Å². The van der Waals surface area contributed by atoms with Crippen LogP contribution < -0.4 is 10.2 Å². The molecule has 2 heterocycles. The third kappa shape index (κ3) is 3.18. The molecule has 0 fully saturated rings. The van der Waals surface area contributed by atoms with Crippen LogP contribution in [0.15, 0.2) is 48.7 Å². The number of nitrogens with one attached hydrogen (secondary N) is 2. The number of carbonyl (C=O) groups is 2. The predicted molar refractivity (Wildman–Crippen MR) is 102 cm³/mol. The largest absolute Gasteiger partial charge is 0.361 e. The number of rotatable bonds is 4. The highest BCUT2D eigenvalue weighted by Gasteiger charge is 2.33. The minimum Gasteiger partial charge on any atom is -0.361 e. The van der Waals surface area contributed by atoms with Crippen LogP contribution in [0.1, 0.15) is 23.5 Å². The highest BCUT2D eigenvalue weighted by Crippen LogP contribution is 2.35. The molecule has 0 aliphatic carbocycles. The van der Waals surface area contributed by atoms with E-state index in [1.54, 1.807) is 18.0 Å². The smallest absolute Gasteiger partial charge is 0.228 e. The van der Waals surface area contributed by atoms with E-state index in [4.69, 9.17) is 0 Å². The average molecular weight is 365 g/mol. The van der Waals surface area contributed by atoms with Crippen LogP contribution in [0, 0.1) is 5.82 Å². The third-order valence-corrected chi connectivity index (χ3v) is 5.17. The summed E-state index contributed by atoms with van der Waals surface area (Å²) in [6, 6.07) is 12.1. The Morgan fingerprint density at radius 3 is 2.96 bits per heavy atom. The van der Waals surface area contributed by atoms with Gasteiger partial charge in [-0.25, -0.2) is 4.39 Å². The number of amides is 2. The van der Waals surface area contributed by atoms with Crippen molar-refractivity contribution in [2.24, 2.45) is 0 Å². The van der Waals surface area contributed by atoms with E-state index in [1.807, 2.05) is 30.5 Å². The second-order valence-electron chi connectivity index (χ2n) is 6.81. The predicted octanol–water partition coefficient (Wildman–Crippen LogP) is 3.12. The molecule has 2 N–H and O–H groups in total. The first kappa shape index (κ1) is 17.3. The zero-order valence-corrected chi connectivity index (χ0v) is 15.0. The molecular weight excluding hydrogens is 345 g/mol. The number of para-hydroxylation sites is 1. The SMILES string of the molecule is CN1C(=O)CC(C(=O)NCCc2c[nH]c3ccc(F)cc23)c2ccccc21. The highest BCUT2D eigenvalue weighted by atomic mass is 19.1. The molecule has 3 aromatic rings. The first-order chi connectivity index (χ1) is 13.0. The fraction of sp³-hybridized carbons (Fsp3) is 0.238. The van der Waals surface area contributed by atoms with Crippen LogP contribution in [-0.4, -0.2) is 30.4 Å². The van der Waals surface area contributed by atoms with E-state index in [9.17, 15) is 14.0 Å². The van der Waals surface area contributed by atoms with E-state index < -0.39 is 5.92 Å². The van der Waals surface area contributed by atoms with Gasteiger partial charge in [0.25, 0.3) is 0 Å². The summed E-state index contributed by atoms with van der Waals surface area (Å²) in [5, 5.41) is 3.75. The second-order valence-corrected chi connectivity index (χ2v) is 6.81. The summed E-state index contributed by atoms with van der Waals surface area (Å²) in [5.74, 6) is -0.991. The van der Waals surface area contributed by atoms with Crippen LogP contribution in [-0.2, 0) is 16.0 Å². The van der Waals surface area contributed by atoms with Crippen LogP contribution in [0.5, 0.6) is 0 Å². The molecule has 0 bridgehead atoms. The summed E-state index contributed by atoms with van der Waals surface area (Å²) in [6.07, 6.45) is 2.58. The molecule has 0 saturated carbocycles. The highest BCUT2D eigenvalue weighted by molar-refractivity contribution is 6.02. The molecular formula is C21H20FN3O2. The average Bonchev–Trinajstić information content (AvgIpc) is 3.07. The fourth-order valence-electron chi connectivity index (χ4n) is 3.68. The Balaban J connectivity index is 1.46. The number of nitrogens with zero attached hydrogens (tertiary/aromatic N) is 1. The Kier molecular flexibility index (Phi) is 4.39. The lowest BCUT2D eigenvalue weighted by Gasteiger charge is -2.30. The molecule has 1 aliphatic rings. The Morgan fingerprint density at radius 1 is 1.30 bits per heavy atom. The van der Waals surface area contributed by atoms with Gasteiger partial charge < -0.3 is 15.2 Å². The van der Waals surface area contributed by atoms with Gasteiger partial charge in [0.05, 0.1) is 5.92 Å². The molecule has 1 atom stereocenters. The monoisotopic (exact) mass is 365 g/mol. The molecule has 4 rings (SSSR count). The number of benzene rings is 2. The molecule has 0 spiro atoms. The van der Waals surface area contributed by atoms with E-state index in [2.05, 4.69) is 10.3 Å². The van der Waals surface area contributed by atoms with Crippen LogP contribution in [0.4, 0.5) is 10.1 Å². The van der Waals surface area contributed by atoms with E-state index in [0.29, 0.717) is 13.0 Å². The first-order valence-corrected chi connectivity index (χ1v) is 8.93. The van der Waals surface area contributed by atoms with Crippen molar-refractivity contribution in [3.8, 4) is 0 Å². The lowest BCUT2D eigenvalue weighted by atomic mass is 9.89. The van der Waals surface area contributed by atoms with Gasteiger partial charge in [0.15, 0.2) is 0 Å². The zero-order valence-electron chi connectivity index (χ0n) is 15.0. The van der Waals surface area contributed by atoms with Gasteiger partial charge in [0.2, 0.25) is 11.8 Å². The number of aromatic nitrogens is 1. The van der Waals surface area contributed by atoms with Gasteiger partial charge >= 0.3 is 0 Å². The second kappa shape index (κ2) is 6.87. The Hall–Kier alpha value is -3.15. The van der Waals surface area contributed by atoms with E-state index >= 15 is 0 Å². The van der Waals surface area contributed by atoms with Crippen molar-refractivity contribution >= 4 is 28.4 Å². The summed E-state index contributed by atoms with van der Waals surface area (Å²) >= 11 is 0. The van der Waals surface area contributed by atoms with Crippen LogP contribution in [0.25, 0.3) is 10.9 Å².